The first kappa shape index (κ1) is 16.5. The minimum Gasteiger partial charge on any atom is -0.491 e. The molecule has 0 aliphatic heterocycles. The van der Waals surface area contributed by atoms with Crippen LogP contribution in [0.2, 0.25) is 0 Å². The number of alkyl halides is 3. The average molecular weight is 288 g/mol. The molecule has 0 fully saturated rings. The van der Waals surface area contributed by atoms with Crippen LogP contribution in [0.4, 0.5) is 13.2 Å². The fourth-order valence-electron chi connectivity index (χ4n) is 1.78. The molecule has 0 radical (unpaired) electrons. The highest BCUT2D eigenvalue weighted by molar-refractivity contribution is 6.00. The molecular formula is C15H19F3O2. The molecule has 1 aromatic rings. The summed E-state index contributed by atoms with van der Waals surface area (Å²) in [4.78, 5) is 11.3. The second-order valence-electron chi connectivity index (χ2n) is 5.95. The fraction of sp³-hybridized carbons (Fsp3) is 0.533. The van der Waals surface area contributed by atoms with Crippen LogP contribution in [0.5, 0.6) is 5.75 Å². The Morgan fingerprint density at radius 2 is 1.70 bits per heavy atom. The molecule has 0 saturated carbocycles. The van der Waals surface area contributed by atoms with Crippen LogP contribution in [-0.4, -0.2) is 18.1 Å². The van der Waals surface area contributed by atoms with Crippen LogP contribution in [0.25, 0.3) is 0 Å². The first-order valence-corrected chi connectivity index (χ1v) is 6.35. The second kappa shape index (κ2) is 5.46. The number of Topliss-reactive ketones (excluding diaryl/α,β-unsaturated/α-hetero) is 1. The molecule has 0 spiro atoms. The quantitative estimate of drug-likeness (QED) is 0.765. The van der Waals surface area contributed by atoms with Crippen molar-refractivity contribution >= 4 is 5.78 Å². The van der Waals surface area contributed by atoms with E-state index in [4.69, 9.17) is 4.74 Å². The standard InChI is InChI=1S/C15H19F3O2/c1-9(2)20-12-7-6-10(13(19)15(16,17)18)8-11(12)14(3,4)5/h6-9H,1-5H3. The molecule has 0 amide bonds. The summed E-state index contributed by atoms with van der Waals surface area (Å²) in [7, 11) is 0. The predicted molar refractivity (Wildman–Crippen MR) is 71.3 cm³/mol. The molecule has 0 N–H and O–H groups in total. The van der Waals surface area contributed by atoms with Gasteiger partial charge in [0.1, 0.15) is 5.75 Å². The van der Waals surface area contributed by atoms with E-state index in [1.807, 2.05) is 34.6 Å². The van der Waals surface area contributed by atoms with Crippen molar-refractivity contribution < 1.29 is 22.7 Å². The number of rotatable bonds is 3. The van der Waals surface area contributed by atoms with Crippen LogP contribution in [0.3, 0.4) is 0 Å². The van der Waals surface area contributed by atoms with Gasteiger partial charge in [-0.2, -0.15) is 13.2 Å². The number of ketones is 1. The number of hydrogen-bond acceptors (Lipinski definition) is 2. The first-order chi connectivity index (χ1) is 8.93. The van der Waals surface area contributed by atoms with Gasteiger partial charge in [-0.15, -0.1) is 0 Å². The van der Waals surface area contributed by atoms with Crippen molar-refractivity contribution in [1.82, 2.24) is 0 Å². The Morgan fingerprint density at radius 1 is 1.15 bits per heavy atom. The van der Waals surface area contributed by atoms with Crippen LogP contribution in [0.1, 0.15) is 50.5 Å². The topological polar surface area (TPSA) is 26.3 Å². The van der Waals surface area contributed by atoms with E-state index in [1.165, 1.54) is 12.1 Å². The third-order valence-electron chi connectivity index (χ3n) is 2.67. The number of halogens is 3. The molecule has 0 aliphatic carbocycles. The highest BCUT2D eigenvalue weighted by Gasteiger charge is 2.39. The van der Waals surface area contributed by atoms with Crippen molar-refractivity contribution in [3.63, 3.8) is 0 Å². The highest BCUT2D eigenvalue weighted by atomic mass is 19.4. The Hall–Kier alpha value is -1.52. The summed E-state index contributed by atoms with van der Waals surface area (Å²) in [6, 6.07) is 3.86. The number of carbonyl (C=O) groups is 1. The van der Waals surface area contributed by atoms with Gasteiger partial charge in [0.2, 0.25) is 0 Å². The molecule has 0 atom stereocenters. The summed E-state index contributed by atoms with van der Waals surface area (Å²) >= 11 is 0. The van der Waals surface area contributed by atoms with Gasteiger partial charge in [0.15, 0.2) is 0 Å². The third-order valence-corrected chi connectivity index (χ3v) is 2.67. The molecule has 0 heterocycles. The minimum atomic E-state index is -4.87. The number of ether oxygens (including phenoxy) is 1. The van der Waals surface area contributed by atoms with Crippen molar-refractivity contribution in [2.24, 2.45) is 0 Å². The molecular weight excluding hydrogens is 269 g/mol. The molecule has 0 unspecified atom stereocenters. The summed E-state index contributed by atoms with van der Waals surface area (Å²) in [5, 5.41) is 0. The number of hydrogen-bond donors (Lipinski definition) is 0. The molecule has 2 nitrogen and oxygen atoms in total. The molecule has 1 rings (SSSR count). The zero-order chi connectivity index (χ0) is 15.7. The van der Waals surface area contributed by atoms with Gasteiger partial charge in [0, 0.05) is 11.1 Å². The van der Waals surface area contributed by atoms with Crippen molar-refractivity contribution in [3.05, 3.63) is 29.3 Å². The van der Waals surface area contributed by atoms with Crippen molar-refractivity contribution in [2.45, 2.75) is 52.3 Å². The smallest absolute Gasteiger partial charge is 0.454 e. The zero-order valence-electron chi connectivity index (χ0n) is 12.3. The molecule has 1 aromatic carbocycles. The summed E-state index contributed by atoms with van der Waals surface area (Å²) in [5.41, 5.74) is -0.202. The molecule has 0 aromatic heterocycles. The molecule has 5 heteroatoms. The van der Waals surface area contributed by atoms with E-state index in [9.17, 15) is 18.0 Å². The largest absolute Gasteiger partial charge is 0.491 e. The molecule has 20 heavy (non-hydrogen) atoms. The number of carbonyl (C=O) groups excluding carboxylic acids is 1. The Kier molecular flexibility index (Phi) is 4.52. The van der Waals surface area contributed by atoms with Gasteiger partial charge >= 0.3 is 6.18 Å². The Bertz CT molecular complexity index is 497. The Morgan fingerprint density at radius 3 is 2.10 bits per heavy atom. The van der Waals surface area contributed by atoms with Gasteiger partial charge in [-0.25, -0.2) is 0 Å². The van der Waals surface area contributed by atoms with E-state index < -0.39 is 17.4 Å². The molecule has 112 valence electrons. The summed E-state index contributed by atoms with van der Waals surface area (Å²) in [5.74, 6) is -1.33. The monoisotopic (exact) mass is 288 g/mol. The summed E-state index contributed by atoms with van der Waals surface area (Å²) in [6.45, 7) is 9.24. The molecule has 0 saturated heterocycles. The summed E-state index contributed by atoms with van der Waals surface area (Å²) in [6.07, 6.45) is -4.96. The van der Waals surface area contributed by atoms with E-state index >= 15 is 0 Å². The zero-order valence-corrected chi connectivity index (χ0v) is 12.3. The fourth-order valence-corrected chi connectivity index (χ4v) is 1.78. The second-order valence-corrected chi connectivity index (χ2v) is 5.95. The van der Waals surface area contributed by atoms with Crippen LogP contribution in [-0.2, 0) is 5.41 Å². The van der Waals surface area contributed by atoms with E-state index in [2.05, 4.69) is 0 Å². The van der Waals surface area contributed by atoms with E-state index in [0.29, 0.717) is 11.3 Å². The van der Waals surface area contributed by atoms with Crippen LogP contribution in [0.15, 0.2) is 18.2 Å². The van der Waals surface area contributed by atoms with Gasteiger partial charge in [0.25, 0.3) is 5.78 Å². The number of benzene rings is 1. The maximum Gasteiger partial charge on any atom is 0.454 e. The predicted octanol–water partition coefficient (Wildman–Crippen LogP) is 4.52. The van der Waals surface area contributed by atoms with Gasteiger partial charge in [-0.1, -0.05) is 20.8 Å². The van der Waals surface area contributed by atoms with Gasteiger partial charge in [0.05, 0.1) is 6.10 Å². The SMILES string of the molecule is CC(C)Oc1ccc(C(=O)C(F)(F)F)cc1C(C)(C)C. The lowest BCUT2D eigenvalue weighted by Crippen LogP contribution is -2.24. The minimum absolute atomic E-state index is 0.0970. The summed E-state index contributed by atoms with van der Waals surface area (Å²) < 4.78 is 43.1. The van der Waals surface area contributed by atoms with Gasteiger partial charge in [-0.05, 0) is 37.5 Å². The van der Waals surface area contributed by atoms with Crippen LogP contribution in [0, 0.1) is 0 Å². The molecule has 0 aliphatic rings. The van der Waals surface area contributed by atoms with Gasteiger partial charge in [-0.3, -0.25) is 4.79 Å². The Labute approximate surface area is 116 Å². The third kappa shape index (κ3) is 3.99. The molecule has 0 bridgehead atoms. The van der Waals surface area contributed by atoms with Crippen LogP contribution >= 0.6 is 0 Å². The lowest BCUT2D eigenvalue weighted by Gasteiger charge is -2.24. The Balaban J connectivity index is 3.32. The van der Waals surface area contributed by atoms with E-state index in [1.54, 1.807) is 0 Å². The van der Waals surface area contributed by atoms with E-state index in [-0.39, 0.29) is 11.7 Å². The maximum absolute atomic E-state index is 12.5. The average Bonchev–Trinajstić information content (AvgIpc) is 2.25. The maximum atomic E-state index is 12.5. The van der Waals surface area contributed by atoms with Crippen LogP contribution < -0.4 is 4.74 Å². The lowest BCUT2D eigenvalue weighted by atomic mass is 9.85. The van der Waals surface area contributed by atoms with Crippen molar-refractivity contribution in [3.8, 4) is 5.75 Å². The van der Waals surface area contributed by atoms with Crippen molar-refractivity contribution in [1.29, 1.82) is 0 Å². The first-order valence-electron chi connectivity index (χ1n) is 6.35. The highest BCUT2D eigenvalue weighted by Crippen LogP contribution is 2.34. The normalized spacial score (nSPS) is 12.7. The van der Waals surface area contributed by atoms with Crippen molar-refractivity contribution in [2.75, 3.05) is 0 Å². The lowest BCUT2D eigenvalue weighted by molar-refractivity contribution is -0.0885. The van der Waals surface area contributed by atoms with Gasteiger partial charge < -0.3 is 4.74 Å². The van der Waals surface area contributed by atoms with E-state index in [0.717, 1.165) is 6.07 Å².